The molecule has 2 aromatic carbocycles. The fraction of sp³-hybridized carbons (Fsp3) is 0.118. The highest BCUT2D eigenvalue weighted by Crippen LogP contribution is 2.29. The van der Waals surface area contributed by atoms with Crippen LogP contribution in [0.25, 0.3) is 22.2 Å². The van der Waals surface area contributed by atoms with Crippen molar-refractivity contribution in [1.82, 2.24) is 4.98 Å². The van der Waals surface area contributed by atoms with Crippen molar-refractivity contribution in [3.63, 3.8) is 0 Å². The molecule has 0 saturated carbocycles. The fourth-order valence-corrected chi connectivity index (χ4v) is 2.18. The molecule has 100 valence electrons. The van der Waals surface area contributed by atoms with Crippen LogP contribution in [0.5, 0.6) is 11.5 Å². The SMILES string of the molecule is COc1cc(OC)cc(-c2ccc3ccccc3n2)c1. The van der Waals surface area contributed by atoms with E-state index >= 15 is 0 Å². The van der Waals surface area contributed by atoms with Crippen molar-refractivity contribution in [2.75, 3.05) is 14.2 Å². The first kappa shape index (κ1) is 12.5. The zero-order valence-corrected chi connectivity index (χ0v) is 11.5. The Morgan fingerprint density at radius 3 is 2.20 bits per heavy atom. The molecule has 0 aliphatic heterocycles. The number of nitrogens with zero attached hydrogens (tertiary/aromatic N) is 1. The second kappa shape index (κ2) is 5.21. The molecule has 3 nitrogen and oxygen atoms in total. The zero-order valence-electron chi connectivity index (χ0n) is 11.5. The number of ether oxygens (including phenoxy) is 2. The Kier molecular flexibility index (Phi) is 3.25. The molecule has 0 aliphatic rings. The minimum absolute atomic E-state index is 0.759. The van der Waals surface area contributed by atoms with E-state index in [1.165, 1.54) is 0 Å². The van der Waals surface area contributed by atoms with E-state index in [2.05, 4.69) is 17.1 Å². The Morgan fingerprint density at radius 2 is 1.50 bits per heavy atom. The quantitative estimate of drug-likeness (QED) is 0.719. The number of benzene rings is 2. The molecule has 0 spiro atoms. The van der Waals surface area contributed by atoms with E-state index in [-0.39, 0.29) is 0 Å². The Morgan fingerprint density at radius 1 is 0.800 bits per heavy atom. The van der Waals surface area contributed by atoms with Crippen molar-refractivity contribution in [3.8, 4) is 22.8 Å². The first-order valence-electron chi connectivity index (χ1n) is 6.39. The van der Waals surface area contributed by atoms with Crippen LogP contribution in [0.2, 0.25) is 0 Å². The summed E-state index contributed by atoms with van der Waals surface area (Å²) in [5, 5.41) is 1.13. The van der Waals surface area contributed by atoms with Gasteiger partial charge in [0.15, 0.2) is 0 Å². The molecular formula is C17H15NO2. The fourth-order valence-electron chi connectivity index (χ4n) is 2.18. The van der Waals surface area contributed by atoms with Crippen LogP contribution in [0.15, 0.2) is 54.6 Å². The number of rotatable bonds is 3. The molecule has 0 saturated heterocycles. The summed E-state index contributed by atoms with van der Waals surface area (Å²) in [7, 11) is 3.29. The van der Waals surface area contributed by atoms with E-state index in [0.29, 0.717) is 0 Å². The topological polar surface area (TPSA) is 31.4 Å². The molecule has 20 heavy (non-hydrogen) atoms. The van der Waals surface area contributed by atoms with Crippen LogP contribution in [-0.2, 0) is 0 Å². The number of para-hydroxylation sites is 1. The minimum Gasteiger partial charge on any atom is -0.497 e. The zero-order chi connectivity index (χ0) is 13.9. The number of hydrogen-bond donors (Lipinski definition) is 0. The maximum absolute atomic E-state index is 5.30. The molecule has 0 bridgehead atoms. The molecule has 3 rings (SSSR count). The number of pyridine rings is 1. The van der Waals surface area contributed by atoms with E-state index in [4.69, 9.17) is 9.47 Å². The average Bonchev–Trinajstić information content (AvgIpc) is 2.53. The first-order valence-corrected chi connectivity index (χ1v) is 6.39. The largest absolute Gasteiger partial charge is 0.497 e. The van der Waals surface area contributed by atoms with Gasteiger partial charge < -0.3 is 9.47 Å². The Bertz CT molecular complexity index is 731. The van der Waals surface area contributed by atoms with Gasteiger partial charge in [-0.05, 0) is 24.3 Å². The highest BCUT2D eigenvalue weighted by molar-refractivity contribution is 5.81. The standard InChI is InChI=1S/C17H15NO2/c1-19-14-9-13(10-15(11-14)20-2)17-8-7-12-5-3-4-6-16(12)18-17/h3-11H,1-2H3. The third-order valence-electron chi connectivity index (χ3n) is 3.25. The number of fused-ring (bicyclic) bond motifs is 1. The Balaban J connectivity index is 2.14. The van der Waals surface area contributed by atoms with Gasteiger partial charge in [0.05, 0.1) is 25.4 Å². The van der Waals surface area contributed by atoms with Crippen LogP contribution in [0, 0.1) is 0 Å². The average molecular weight is 265 g/mol. The number of aromatic nitrogens is 1. The van der Waals surface area contributed by atoms with E-state index < -0.39 is 0 Å². The van der Waals surface area contributed by atoms with Crippen LogP contribution in [0.3, 0.4) is 0 Å². The molecule has 0 aliphatic carbocycles. The molecule has 0 radical (unpaired) electrons. The summed E-state index contributed by atoms with van der Waals surface area (Å²) in [6.07, 6.45) is 0. The summed E-state index contributed by atoms with van der Waals surface area (Å²) < 4.78 is 10.6. The summed E-state index contributed by atoms with van der Waals surface area (Å²) in [6, 6.07) is 17.9. The van der Waals surface area contributed by atoms with E-state index in [1.54, 1.807) is 14.2 Å². The monoisotopic (exact) mass is 265 g/mol. The normalized spacial score (nSPS) is 10.5. The lowest BCUT2D eigenvalue weighted by Gasteiger charge is -2.08. The van der Waals surface area contributed by atoms with Crippen LogP contribution in [0.1, 0.15) is 0 Å². The molecule has 0 atom stereocenters. The van der Waals surface area contributed by atoms with Gasteiger partial charge in [0.2, 0.25) is 0 Å². The summed E-state index contributed by atoms with van der Waals surface area (Å²) in [4.78, 5) is 4.69. The number of methoxy groups -OCH3 is 2. The molecule has 0 fully saturated rings. The van der Waals surface area contributed by atoms with Crippen LogP contribution < -0.4 is 9.47 Å². The molecule has 0 unspecified atom stereocenters. The molecule has 0 N–H and O–H groups in total. The predicted molar refractivity (Wildman–Crippen MR) is 80.3 cm³/mol. The second-order valence-corrected chi connectivity index (χ2v) is 4.49. The maximum atomic E-state index is 5.30. The minimum atomic E-state index is 0.759. The molecule has 3 aromatic rings. The molecular weight excluding hydrogens is 250 g/mol. The summed E-state index contributed by atoms with van der Waals surface area (Å²) in [5.41, 5.74) is 2.86. The highest BCUT2D eigenvalue weighted by Gasteiger charge is 2.06. The third-order valence-corrected chi connectivity index (χ3v) is 3.25. The molecule has 0 amide bonds. The van der Waals surface area contributed by atoms with Crippen molar-refractivity contribution in [2.24, 2.45) is 0 Å². The lowest BCUT2D eigenvalue weighted by atomic mass is 10.1. The van der Waals surface area contributed by atoms with Crippen molar-refractivity contribution in [2.45, 2.75) is 0 Å². The van der Waals surface area contributed by atoms with E-state index in [1.807, 2.05) is 42.5 Å². The van der Waals surface area contributed by atoms with Gasteiger partial charge in [0.1, 0.15) is 11.5 Å². The van der Waals surface area contributed by atoms with Crippen LogP contribution in [-0.4, -0.2) is 19.2 Å². The van der Waals surface area contributed by atoms with Gasteiger partial charge in [-0.1, -0.05) is 24.3 Å². The van der Waals surface area contributed by atoms with Gasteiger partial charge in [-0.2, -0.15) is 0 Å². The molecule has 1 aromatic heterocycles. The second-order valence-electron chi connectivity index (χ2n) is 4.49. The molecule has 1 heterocycles. The Hall–Kier alpha value is -2.55. The lowest BCUT2D eigenvalue weighted by Crippen LogP contribution is -1.90. The van der Waals surface area contributed by atoms with Crippen molar-refractivity contribution >= 4 is 10.9 Å². The maximum Gasteiger partial charge on any atom is 0.123 e. The first-order chi connectivity index (χ1) is 9.80. The van der Waals surface area contributed by atoms with E-state index in [0.717, 1.165) is 33.7 Å². The van der Waals surface area contributed by atoms with E-state index in [9.17, 15) is 0 Å². The Labute approximate surface area is 117 Å². The van der Waals surface area contributed by atoms with Gasteiger partial charge >= 0.3 is 0 Å². The number of hydrogen-bond acceptors (Lipinski definition) is 3. The highest BCUT2D eigenvalue weighted by atomic mass is 16.5. The lowest BCUT2D eigenvalue weighted by molar-refractivity contribution is 0.394. The van der Waals surface area contributed by atoms with Crippen molar-refractivity contribution in [1.29, 1.82) is 0 Å². The van der Waals surface area contributed by atoms with Gasteiger partial charge in [-0.15, -0.1) is 0 Å². The predicted octanol–water partition coefficient (Wildman–Crippen LogP) is 3.92. The summed E-state index contributed by atoms with van der Waals surface area (Å²) in [5.74, 6) is 1.52. The summed E-state index contributed by atoms with van der Waals surface area (Å²) in [6.45, 7) is 0. The van der Waals surface area contributed by atoms with Gasteiger partial charge in [-0.25, -0.2) is 4.98 Å². The van der Waals surface area contributed by atoms with Gasteiger partial charge in [-0.3, -0.25) is 0 Å². The summed E-state index contributed by atoms with van der Waals surface area (Å²) >= 11 is 0. The molecule has 3 heteroatoms. The smallest absolute Gasteiger partial charge is 0.123 e. The van der Waals surface area contributed by atoms with Crippen molar-refractivity contribution in [3.05, 3.63) is 54.6 Å². The van der Waals surface area contributed by atoms with Crippen LogP contribution >= 0.6 is 0 Å². The third kappa shape index (κ3) is 2.30. The van der Waals surface area contributed by atoms with Crippen LogP contribution in [0.4, 0.5) is 0 Å². The van der Waals surface area contributed by atoms with Crippen molar-refractivity contribution < 1.29 is 9.47 Å². The van der Waals surface area contributed by atoms with Gasteiger partial charge in [0, 0.05) is 17.0 Å². The van der Waals surface area contributed by atoms with Gasteiger partial charge in [0.25, 0.3) is 0 Å².